The lowest BCUT2D eigenvalue weighted by Crippen LogP contribution is -2.30. The molecule has 1 saturated carbocycles. The average molecular weight is 291 g/mol. The Hall–Kier alpha value is -1.82. The Morgan fingerprint density at radius 1 is 1.43 bits per heavy atom. The lowest BCUT2D eigenvalue weighted by molar-refractivity contribution is -0.385. The molecule has 2 fully saturated rings. The summed E-state index contributed by atoms with van der Waals surface area (Å²) in [6.07, 6.45) is 2.20. The van der Waals surface area contributed by atoms with Crippen molar-refractivity contribution in [1.82, 2.24) is 0 Å². The van der Waals surface area contributed by atoms with Crippen LogP contribution in [0.1, 0.15) is 19.8 Å². The van der Waals surface area contributed by atoms with Crippen LogP contribution >= 0.6 is 0 Å². The standard InChI is InChI=1S/C15H21N3O3/c1-2-21-14-5-3-4-13(15(14)18(19)20)17-8-10-6-7-12(16)11(10)9-17/h3-5,10-12H,2,6-9,16H2,1H3. The summed E-state index contributed by atoms with van der Waals surface area (Å²) in [5.41, 5.74) is 6.89. The summed E-state index contributed by atoms with van der Waals surface area (Å²) in [6.45, 7) is 3.91. The van der Waals surface area contributed by atoms with Crippen LogP contribution in [0.2, 0.25) is 0 Å². The summed E-state index contributed by atoms with van der Waals surface area (Å²) >= 11 is 0. The normalized spacial score (nSPS) is 27.7. The van der Waals surface area contributed by atoms with Crippen LogP contribution < -0.4 is 15.4 Å². The number of hydrogen-bond acceptors (Lipinski definition) is 5. The maximum Gasteiger partial charge on any atom is 0.333 e. The highest BCUT2D eigenvalue weighted by atomic mass is 16.6. The molecule has 1 saturated heterocycles. The lowest BCUT2D eigenvalue weighted by atomic mass is 9.98. The van der Waals surface area contributed by atoms with Crippen molar-refractivity contribution in [2.24, 2.45) is 17.6 Å². The quantitative estimate of drug-likeness (QED) is 0.679. The molecule has 21 heavy (non-hydrogen) atoms. The van der Waals surface area contributed by atoms with Crippen molar-refractivity contribution in [3.8, 4) is 5.75 Å². The molecule has 2 N–H and O–H groups in total. The first kappa shape index (κ1) is 14.1. The number of benzene rings is 1. The van der Waals surface area contributed by atoms with Gasteiger partial charge in [-0.25, -0.2) is 0 Å². The van der Waals surface area contributed by atoms with E-state index in [4.69, 9.17) is 10.5 Å². The van der Waals surface area contributed by atoms with Gasteiger partial charge in [0, 0.05) is 19.1 Å². The van der Waals surface area contributed by atoms with Crippen LogP contribution in [0.5, 0.6) is 5.75 Å². The summed E-state index contributed by atoms with van der Waals surface area (Å²) in [5, 5.41) is 11.5. The summed E-state index contributed by atoms with van der Waals surface area (Å²) in [4.78, 5) is 13.2. The largest absolute Gasteiger partial charge is 0.487 e. The van der Waals surface area contributed by atoms with E-state index in [2.05, 4.69) is 4.90 Å². The van der Waals surface area contributed by atoms with Gasteiger partial charge in [0.15, 0.2) is 5.75 Å². The van der Waals surface area contributed by atoms with Gasteiger partial charge in [-0.15, -0.1) is 0 Å². The molecule has 0 radical (unpaired) electrons. The van der Waals surface area contributed by atoms with Crippen molar-refractivity contribution in [2.45, 2.75) is 25.8 Å². The third kappa shape index (κ3) is 2.44. The Balaban J connectivity index is 1.92. The topological polar surface area (TPSA) is 81.6 Å². The zero-order valence-electron chi connectivity index (χ0n) is 12.2. The number of nitrogens with zero attached hydrogens (tertiary/aromatic N) is 2. The molecule has 1 aromatic rings. The third-order valence-corrected chi connectivity index (χ3v) is 4.71. The minimum atomic E-state index is -0.339. The van der Waals surface area contributed by atoms with E-state index in [1.54, 1.807) is 6.07 Å². The van der Waals surface area contributed by atoms with Gasteiger partial charge in [0.2, 0.25) is 0 Å². The highest BCUT2D eigenvalue weighted by Gasteiger charge is 2.42. The maximum absolute atomic E-state index is 11.5. The number of hydrogen-bond donors (Lipinski definition) is 1. The van der Waals surface area contributed by atoms with E-state index in [0.717, 1.165) is 25.9 Å². The second-order valence-corrected chi connectivity index (χ2v) is 5.88. The Bertz CT molecular complexity index is 549. The molecular weight excluding hydrogens is 270 g/mol. The van der Waals surface area contributed by atoms with Gasteiger partial charge in [0.05, 0.1) is 11.5 Å². The van der Waals surface area contributed by atoms with Crippen LogP contribution in [-0.4, -0.2) is 30.7 Å². The van der Waals surface area contributed by atoms with Gasteiger partial charge in [-0.1, -0.05) is 6.07 Å². The Morgan fingerprint density at radius 2 is 2.24 bits per heavy atom. The van der Waals surface area contributed by atoms with E-state index in [9.17, 15) is 10.1 Å². The molecule has 6 nitrogen and oxygen atoms in total. The molecule has 114 valence electrons. The summed E-state index contributed by atoms with van der Waals surface area (Å²) in [5.74, 6) is 1.37. The van der Waals surface area contributed by atoms with Crippen molar-refractivity contribution in [1.29, 1.82) is 0 Å². The summed E-state index contributed by atoms with van der Waals surface area (Å²) in [7, 11) is 0. The fraction of sp³-hybridized carbons (Fsp3) is 0.600. The van der Waals surface area contributed by atoms with E-state index < -0.39 is 0 Å². The predicted molar refractivity (Wildman–Crippen MR) is 80.7 cm³/mol. The molecule has 1 aliphatic carbocycles. The van der Waals surface area contributed by atoms with E-state index in [1.807, 2.05) is 19.1 Å². The zero-order chi connectivity index (χ0) is 15.0. The molecule has 0 amide bonds. The van der Waals surface area contributed by atoms with Crippen molar-refractivity contribution < 1.29 is 9.66 Å². The zero-order valence-corrected chi connectivity index (χ0v) is 12.2. The SMILES string of the molecule is CCOc1cccc(N2CC3CCC(N)C3C2)c1[N+](=O)[O-]. The Morgan fingerprint density at radius 3 is 2.90 bits per heavy atom. The first-order chi connectivity index (χ1) is 10.1. The number of nitrogens with two attached hydrogens (primary N) is 1. The fourth-order valence-corrected chi connectivity index (χ4v) is 3.73. The highest BCUT2D eigenvalue weighted by molar-refractivity contribution is 5.70. The van der Waals surface area contributed by atoms with E-state index >= 15 is 0 Å². The molecule has 0 spiro atoms. The first-order valence-electron chi connectivity index (χ1n) is 7.52. The van der Waals surface area contributed by atoms with Crippen molar-refractivity contribution in [3.05, 3.63) is 28.3 Å². The second-order valence-electron chi connectivity index (χ2n) is 5.88. The molecule has 6 heteroatoms. The number of fused-ring (bicyclic) bond motifs is 1. The van der Waals surface area contributed by atoms with Crippen LogP contribution in [-0.2, 0) is 0 Å². The van der Waals surface area contributed by atoms with Crippen molar-refractivity contribution in [3.63, 3.8) is 0 Å². The number of rotatable bonds is 4. The van der Waals surface area contributed by atoms with Crippen LogP contribution in [0.3, 0.4) is 0 Å². The van der Waals surface area contributed by atoms with Gasteiger partial charge in [0.1, 0.15) is 5.69 Å². The summed E-state index contributed by atoms with van der Waals surface area (Å²) < 4.78 is 5.42. The van der Waals surface area contributed by atoms with Gasteiger partial charge < -0.3 is 15.4 Å². The molecule has 3 unspecified atom stereocenters. The van der Waals surface area contributed by atoms with Gasteiger partial charge >= 0.3 is 5.69 Å². The molecular formula is C15H21N3O3. The average Bonchev–Trinajstić information content (AvgIpc) is 3.01. The Kier molecular flexibility index (Phi) is 3.71. The number of nitro benzene ring substituents is 1. The van der Waals surface area contributed by atoms with Gasteiger partial charge in [0.25, 0.3) is 0 Å². The third-order valence-electron chi connectivity index (χ3n) is 4.71. The molecule has 3 rings (SSSR count). The monoisotopic (exact) mass is 291 g/mol. The van der Waals surface area contributed by atoms with E-state index in [1.165, 1.54) is 0 Å². The van der Waals surface area contributed by atoms with Crippen molar-refractivity contribution in [2.75, 3.05) is 24.6 Å². The Labute approximate surface area is 124 Å². The minimum absolute atomic E-state index is 0.0768. The molecule has 1 aliphatic heterocycles. The van der Waals surface area contributed by atoms with Gasteiger partial charge in [-0.05, 0) is 43.7 Å². The predicted octanol–water partition coefficient (Wildman–Crippen LogP) is 2.17. The number of anilines is 1. The molecule has 3 atom stereocenters. The van der Waals surface area contributed by atoms with Crippen LogP contribution in [0.15, 0.2) is 18.2 Å². The second kappa shape index (κ2) is 5.52. The van der Waals surface area contributed by atoms with E-state index in [-0.39, 0.29) is 16.7 Å². The smallest absolute Gasteiger partial charge is 0.333 e. The maximum atomic E-state index is 11.5. The molecule has 1 heterocycles. The fourth-order valence-electron chi connectivity index (χ4n) is 3.73. The number of nitro groups is 1. The minimum Gasteiger partial charge on any atom is -0.487 e. The lowest BCUT2D eigenvalue weighted by Gasteiger charge is -2.21. The van der Waals surface area contributed by atoms with Gasteiger partial charge in [-0.2, -0.15) is 0 Å². The van der Waals surface area contributed by atoms with Gasteiger partial charge in [-0.3, -0.25) is 10.1 Å². The number of ether oxygens (including phenoxy) is 1. The van der Waals surface area contributed by atoms with E-state index in [0.29, 0.717) is 29.9 Å². The molecule has 0 bridgehead atoms. The molecule has 1 aromatic carbocycles. The van der Waals surface area contributed by atoms with Crippen LogP contribution in [0.4, 0.5) is 11.4 Å². The summed E-state index contributed by atoms with van der Waals surface area (Å²) in [6, 6.07) is 5.52. The molecule has 2 aliphatic rings. The number of para-hydroxylation sites is 1. The van der Waals surface area contributed by atoms with Crippen molar-refractivity contribution >= 4 is 11.4 Å². The van der Waals surface area contributed by atoms with Crippen LogP contribution in [0, 0.1) is 22.0 Å². The first-order valence-corrected chi connectivity index (χ1v) is 7.52. The highest BCUT2D eigenvalue weighted by Crippen LogP contribution is 2.44. The van der Waals surface area contributed by atoms with Crippen LogP contribution in [0.25, 0.3) is 0 Å². The molecule has 0 aromatic heterocycles.